The average Bonchev–Trinajstić information content (AvgIpc) is 3.07. The number of para-hydroxylation sites is 1. The first-order valence-electron chi connectivity index (χ1n) is 9.42. The van der Waals surface area contributed by atoms with Gasteiger partial charge in [-0.2, -0.15) is 0 Å². The molecule has 2 heterocycles. The van der Waals surface area contributed by atoms with Gasteiger partial charge < -0.3 is 9.55 Å². The lowest BCUT2D eigenvalue weighted by Crippen LogP contribution is -2.10. The van der Waals surface area contributed by atoms with Crippen LogP contribution in [0.25, 0.3) is 33.2 Å². The maximum atomic E-state index is 12.7. The van der Waals surface area contributed by atoms with E-state index in [9.17, 15) is 4.79 Å². The Labute approximate surface area is 172 Å². The number of rotatable bonds is 3. The Hall–Kier alpha value is -3.37. The van der Waals surface area contributed by atoms with Crippen LogP contribution in [0, 0.1) is 6.92 Å². The molecule has 0 saturated heterocycles. The van der Waals surface area contributed by atoms with Crippen LogP contribution >= 0.6 is 11.6 Å². The second-order valence-corrected chi connectivity index (χ2v) is 7.64. The number of nitrogens with zero attached hydrogens (tertiary/aromatic N) is 2. The van der Waals surface area contributed by atoms with E-state index in [-0.39, 0.29) is 5.56 Å². The number of aryl methyl sites for hydroxylation is 1. The van der Waals surface area contributed by atoms with Gasteiger partial charge in [0.1, 0.15) is 5.82 Å². The monoisotopic (exact) mass is 399 g/mol. The van der Waals surface area contributed by atoms with Gasteiger partial charge >= 0.3 is 0 Å². The fourth-order valence-electron chi connectivity index (χ4n) is 3.80. The number of hydrogen-bond donors (Lipinski definition) is 1. The van der Waals surface area contributed by atoms with Gasteiger partial charge in [-0.05, 0) is 36.2 Å². The number of aromatic amines is 1. The third-order valence-electron chi connectivity index (χ3n) is 5.23. The Morgan fingerprint density at radius 3 is 2.66 bits per heavy atom. The number of benzene rings is 3. The Balaban J connectivity index is 1.75. The van der Waals surface area contributed by atoms with Crippen LogP contribution in [0.3, 0.4) is 0 Å². The van der Waals surface area contributed by atoms with Crippen molar-refractivity contribution in [3.05, 3.63) is 99.4 Å². The van der Waals surface area contributed by atoms with Crippen molar-refractivity contribution >= 4 is 33.4 Å². The Bertz CT molecular complexity index is 1420. The summed E-state index contributed by atoms with van der Waals surface area (Å²) in [5.41, 5.74) is 4.65. The largest absolute Gasteiger partial charge is 0.342 e. The van der Waals surface area contributed by atoms with Crippen molar-refractivity contribution in [1.82, 2.24) is 14.5 Å². The van der Waals surface area contributed by atoms with Crippen molar-refractivity contribution in [2.75, 3.05) is 0 Å². The first-order chi connectivity index (χ1) is 14.1. The van der Waals surface area contributed by atoms with Crippen LogP contribution in [0.15, 0.2) is 77.7 Å². The van der Waals surface area contributed by atoms with Crippen molar-refractivity contribution in [3.63, 3.8) is 0 Å². The van der Waals surface area contributed by atoms with E-state index >= 15 is 0 Å². The standard InChI is InChI=1S/C24H18ClN3O/c1-15-6-5-9-19-22(15)26-23(27-24(19)29)20-14-28(13-16-7-3-2-4-8-16)21-12-17(25)10-11-18(20)21/h2-12,14H,13H2,1H3,(H,26,27,29). The van der Waals surface area contributed by atoms with E-state index in [1.54, 1.807) is 6.07 Å². The molecule has 142 valence electrons. The summed E-state index contributed by atoms with van der Waals surface area (Å²) in [6, 6.07) is 21.7. The molecule has 4 nitrogen and oxygen atoms in total. The third-order valence-corrected chi connectivity index (χ3v) is 5.47. The van der Waals surface area contributed by atoms with Gasteiger partial charge in [-0.1, -0.05) is 60.1 Å². The van der Waals surface area contributed by atoms with Gasteiger partial charge in [-0.15, -0.1) is 0 Å². The zero-order valence-electron chi connectivity index (χ0n) is 15.8. The zero-order valence-corrected chi connectivity index (χ0v) is 16.6. The van der Waals surface area contributed by atoms with Gasteiger partial charge in [-0.3, -0.25) is 4.79 Å². The summed E-state index contributed by atoms with van der Waals surface area (Å²) < 4.78 is 2.15. The molecule has 29 heavy (non-hydrogen) atoms. The second-order valence-electron chi connectivity index (χ2n) is 7.20. The maximum Gasteiger partial charge on any atom is 0.259 e. The number of halogens is 1. The molecule has 0 atom stereocenters. The van der Waals surface area contributed by atoms with Crippen molar-refractivity contribution in [3.8, 4) is 11.4 Å². The van der Waals surface area contributed by atoms with E-state index in [1.807, 2.05) is 61.7 Å². The molecule has 0 saturated carbocycles. The van der Waals surface area contributed by atoms with Gasteiger partial charge in [0, 0.05) is 28.7 Å². The summed E-state index contributed by atoms with van der Waals surface area (Å²) in [6.45, 7) is 2.67. The summed E-state index contributed by atoms with van der Waals surface area (Å²) in [5.74, 6) is 0.566. The highest BCUT2D eigenvalue weighted by Crippen LogP contribution is 2.31. The molecule has 0 aliphatic carbocycles. The van der Waals surface area contributed by atoms with Crippen molar-refractivity contribution in [2.24, 2.45) is 0 Å². The smallest absolute Gasteiger partial charge is 0.259 e. The topological polar surface area (TPSA) is 50.7 Å². The summed E-state index contributed by atoms with van der Waals surface area (Å²) in [5, 5.41) is 2.28. The highest BCUT2D eigenvalue weighted by molar-refractivity contribution is 6.31. The lowest BCUT2D eigenvalue weighted by molar-refractivity contribution is 0.837. The van der Waals surface area contributed by atoms with E-state index in [0.717, 1.165) is 27.5 Å². The number of aromatic nitrogens is 3. The Morgan fingerprint density at radius 2 is 1.83 bits per heavy atom. The highest BCUT2D eigenvalue weighted by Gasteiger charge is 2.15. The van der Waals surface area contributed by atoms with Crippen molar-refractivity contribution in [1.29, 1.82) is 0 Å². The minimum absolute atomic E-state index is 0.133. The fraction of sp³-hybridized carbons (Fsp3) is 0.0833. The van der Waals surface area contributed by atoms with Crippen molar-refractivity contribution < 1.29 is 0 Å². The van der Waals surface area contributed by atoms with Crippen LogP contribution in [-0.2, 0) is 6.54 Å². The third kappa shape index (κ3) is 3.12. The fourth-order valence-corrected chi connectivity index (χ4v) is 3.96. The SMILES string of the molecule is Cc1cccc2c(=O)[nH]c(-c3cn(Cc4ccccc4)c4cc(Cl)ccc34)nc12. The molecular formula is C24H18ClN3O. The predicted molar refractivity (Wildman–Crippen MR) is 119 cm³/mol. The van der Waals surface area contributed by atoms with E-state index in [4.69, 9.17) is 16.6 Å². The number of hydrogen-bond acceptors (Lipinski definition) is 2. The minimum atomic E-state index is -0.133. The summed E-state index contributed by atoms with van der Waals surface area (Å²) in [6.07, 6.45) is 2.04. The van der Waals surface area contributed by atoms with Gasteiger partial charge in [-0.25, -0.2) is 4.98 Å². The second kappa shape index (κ2) is 6.90. The molecule has 0 fully saturated rings. The molecular weight excluding hydrogens is 382 g/mol. The van der Waals surface area contributed by atoms with Gasteiger partial charge in [0.05, 0.1) is 16.4 Å². The molecule has 3 aromatic carbocycles. The lowest BCUT2D eigenvalue weighted by Gasteiger charge is -2.05. The summed E-state index contributed by atoms with van der Waals surface area (Å²) >= 11 is 6.29. The molecule has 5 aromatic rings. The molecule has 0 spiro atoms. The van der Waals surface area contributed by atoms with Gasteiger partial charge in [0.15, 0.2) is 0 Å². The number of nitrogens with one attached hydrogen (secondary N) is 1. The molecule has 0 aliphatic rings. The average molecular weight is 400 g/mol. The molecule has 0 bridgehead atoms. The summed E-state index contributed by atoms with van der Waals surface area (Å²) in [7, 11) is 0. The zero-order chi connectivity index (χ0) is 20.0. The Morgan fingerprint density at radius 1 is 1.00 bits per heavy atom. The molecule has 0 unspecified atom stereocenters. The van der Waals surface area contributed by atoms with Crippen LogP contribution in [0.4, 0.5) is 0 Å². The van der Waals surface area contributed by atoms with E-state index in [0.29, 0.717) is 22.8 Å². The van der Waals surface area contributed by atoms with E-state index in [1.165, 1.54) is 5.56 Å². The molecule has 0 aliphatic heterocycles. The quantitative estimate of drug-likeness (QED) is 0.432. The minimum Gasteiger partial charge on any atom is -0.342 e. The molecule has 2 aromatic heterocycles. The van der Waals surface area contributed by atoms with Crippen molar-refractivity contribution in [2.45, 2.75) is 13.5 Å². The normalized spacial score (nSPS) is 11.4. The molecule has 0 radical (unpaired) electrons. The first-order valence-corrected chi connectivity index (χ1v) is 9.80. The first kappa shape index (κ1) is 17.7. The number of H-pyrrole nitrogens is 1. The highest BCUT2D eigenvalue weighted by atomic mass is 35.5. The van der Waals surface area contributed by atoms with E-state index < -0.39 is 0 Å². The van der Waals surface area contributed by atoms with Crippen LogP contribution in [0.5, 0.6) is 0 Å². The van der Waals surface area contributed by atoms with Gasteiger partial charge in [0.25, 0.3) is 5.56 Å². The molecule has 0 amide bonds. The van der Waals surface area contributed by atoms with Crippen LogP contribution < -0.4 is 5.56 Å². The maximum absolute atomic E-state index is 12.7. The lowest BCUT2D eigenvalue weighted by atomic mass is 10.1. The van der Waals surface area contributed by atoms with E-state index in [2.05, 4.69) is 21.7 Å². The molecule has 1 N–H and O–H groups in total. The van der Waals surface area contributed by atoms with Crippen LogP contribution in [0.1, 0.15) is 11.1 Å². The van der Waals surface area contributed by atoms with Crippen LogP contribution in [-0.4, -0.2) is 14.5 Å². The van der Waals surface area contributed by atoms with Gasteiger partial charge in [0.2, 0.25) is 0 Å². The Kier molecular flexibility index (Phi) is 4.22. The number of fused-ring (bicyclic) bond motifs is 2. The molecule has 5 heteroatoms. The molecule has 5 rings (SSSR count). The predicted octanol–water partition coefficient (Wildman–Crippen LogP) is 5.55. The summed E-state index contributed by atoms with van der Waals surface area (Å²) in [4.78, 5) is 20.5. The van der Waals surface area contributed by atoms with Crippen LogP contribution in [0.2, 0.25) is 5.02 Å².